The van der Waals surface area contributed by atoms with Crippen LogP contribution in [0.3, 0.4) is 0 Å². The van der Waals surface area contributed by atoms with Crippen LogP contribution in [-0.4, -0.2) is 30.0 Å². The van der Waals surface area contributed by atoms with Crippen LogP contribution in [0.1, 0.15) is 20.8 Å². The second-order valence-electron chi connectivity index (χ2n) is 7.53. The van der Waals surface area contributed by atoms with Gasteiger partial charge in [-0.25, -0.2) is 17.8 Å². The van der Waals surface area contributed by atoms with Crippen molar-refractivity contribution in [1.29, 1.82) is 0 Å². The molecule has 32 heavy (non-hydrogen) atoms. The van der Waals surface area contributed by atoms with Crippen LogP contribution < -0.4 is 15.6 Å². The van der Waals surface area contributed by atoms with Crippen molar-refractivity contribution in [2.45, 2.75) is 31.2 Å². The van der Waals surface area contributed by atoms with Crippen LogP contribution in [0.25, 0.3) is 11.3 Å². The number of carbonyl (C=O) groups is 2. The standard InChI is InChI=1S/C22H22N4O5S/c1-15(27)25-32(30,31)18-11-9-17(10-12-18)23-21(29)22(2,3)26-20(28)14-13-19(24-26)16-7-5-4-6-8-16/h4-14H,1-3H3,(H,23,29)(H,25,27). The summed E-state index contributed by atoms with van der Waals surface area (Å²) in [6.45, 7) is 4.21. The third-order valence-corrected chi connectivity index (χ3v) is 6.10. The van der Waals surface area contributed by atoms with E-state index in [2.05, 4.69) is 10.4 Å². The van der Waals surface area contributed by atoms with E-state index in [9.17, 15) is 22.8 Å². The molecule has 2 N–H and O–H groups in total. The van der Waals surface area contributed by atoms with Crippen molar-refractivity contribution in [3.05, 3.63) is 77.1 Å². The highest BCUT2D eigenvalue weighted by molar-refractivity contribution is 7.90. The zero-order chi connectivity index (χ0) is 23.5. The molecule has 0 fully saturated rings. The van der Waals surface area contributed by atoms with Gasteiger partial charge >= 0.3 is 0 Å². The van der Waals surface area contributed by atoms with E-state index in [-0.39, 0.29) is 4.90 Å². The molecule has 166 valence electrons. The van der Waals surface area contributed by atoms with E-state index < -0.39 is 32.9 Å². The first-order chi connectivity index (χ1) is 15.0. The van der Waals surface area contributed by atoms with Gasteiger partial charge in [0.1, 0.15) is 5.54 Å². The summed E-state index contributed by atoms with van der Waals surface area (Å²) in [6.07, 6.45) is 0. The van der Waals surface area contributed by atoms with E-state index in [1.54, 1.807) is 19.9 Å². The van der Waals surface area contributed by atoms with Gasteiger partial charge in [0.25, 0.3) is 21.5 Å². The summed E-state index contributed by atoms with van der Waals surface area (Å²) in [4.78, 5) is 36.4. The summed E-state index contributed by atoms with van der Waals surface area (Å²) in [6, 6.07) is 17.5. The van der Waals surface area contributed by atoms with Crippen molar-refractivity contribution in [2.24, 2.45) is 0 Å². The Morgan fingerprint density at radius 1 is 0.938 bits per heavy atom. The Balaban J connectivity index is 1.85. The fraction of sp³-hybridized carbons (Fsp3) is 0.182. The Morgan fingerprint density at radius 3 is 2.16 bits per heavy atom. The molecule has 3 aromatic rings. The van der Waals surface area contributed by atoms with Gasteiger partial charge < -0.3 is 5.32 Å². The summed E-state index contributed by atoms with van der Waals surface area (Å²) >= 11 is 0. The number of hydrogen-bond acceptors (Lipinski definition) is 6. The van der Waals surface area contributed by atoms with E-state index in [1.165, 1.54) is 30.3 Å². The molecular weight excluding hydrogens is 432 g/mol. The number of nitrogens with zero attached hydrogens (tertiary/aromatic N) is 2. The minimum atomic E-state index is -3.98. The number of hydrogen-bond donors (Lipinski definition) is 2. The first kappa shape index (κ1) is 22.9. The van der Waals surface area contributed by atoms with Crippen molar-refractivity contribution < 1.29 is 18.0 Å². The summed E-state index contributed by atoms with van der Waals surface area (Å²) in [7, 11) is -3.98. The van der Waals surface area contributed by atoms with Crippen LogP contribution in [0.5, 0.6) is 0 Å². The molecule has 1 heterocycles. The lowest BCUT2D eigenvalue weighted by Gasteiger charge is -2.25. The lowest BCUT2D eigenvalue weighted by atomic mass is 10.0. The molecule has 0 aliphatic carbocycles. The second kappa shape index (κ2) is 8.75. The number of anilines is 1. The normalized spacial score (nSPS) is 11.6. The Kier molecular flexibility index (Phi) is 6.26. The van der Waals surface area contributed by atoms with Gasteiger partial charge in [0.05, 0.1) is 10.6 Å². The van der Waals surface area contributed by atoms with Crippen LogP contribution in [0, 0.1) is 0 Å². The molecule has 0 atom stereocenters. The van der Waals surface area contributed by atoms with Crippen LogP contribution in [0.2, 0.25) is 0 Å². The van der Waals surface area contributed by atoms with Gasteiger partial charge in [0, 0.05) is 24.2 Å². The molecule has 3 rings (SSSR count). The lowest BCUT2D eigenvalue weighted by Crippen LogP contribution is -2.47. The molecule has 2 aromatic carbocycles. The highest BCUT2D eigenvalue weighted by Crippen LogP contribution is 2.20. The molecular formula is C22H22N4O5S. The molecule has 0 saturated heterocycles. The van der Waals surface area contributed by atoms with E-state index >= 15 is 0 Å². The van der Waals surface area contributed by atoms with Gasteiger partial charge in [-0.05, 0) is 44.2 Å². The quantitative estimate of drug-likeness (QED) is 0.587. The van der Waals surface area contributed by atoms with Gasteiger partial charge in [-0.3, -0.25) is 14.4 Å². The number of nitrogens with one attached hydrogen (secondary N) is 2. The molecule has 0 saturated carbocycles. The minimum Gasteiger partial charge on any atom is -0.324 e. The number of sulfonamides is 1. The molecule has 2 amide bonds. The molecule has 9 nitrogen and oxygen atoms in total. The van der Waals surface area contributed by atoms with Gasteiger partial charge in [-0.2, -0.15) is 5.10 Å². The largest absolute Gasteiger partial charge is 0.324 e. The highest BCUT2D eigenvalue weighted by atomic mass is 32.2. The summed E-state index contributed by atoms with van der Waals surface area (Å²) in [5, 5.41) is 7.04. The second-order valence-corrected chi connectivity index (χ2v) is 9.22. The van der Waals surface area contributed by atoms with E-state index in [0.29, 0.717) is 11.4 Å². The Bertz CT molecular complexity index is 1310. The van der Waals surface area contributed by atoms with Crippen LogP contribution in [0.4, 0.5) is 5.69 Å². The monoisotopic (exact) mass is 454 g/mol. The Hall–Kier alpha value is -3.79. The van der Waals surface area contributed by atoms with Crippen molar-refractivity contribution >= 4 is 27.5 Å². The topological polar surface area (TPSA) is 127 Å². The van der Waals surface area contributed by atoms with Crippen LogP contribution >= 0.6 is 0 Å². The lowest BCUT2D eigenvalue weighted by molar-refractivity contribution is -0.123. The third-order valence-electron chi connectivity index (χ3n) is 4.66. The van der Waals surface area contributed by atoms with Crippen LogP contribution in [0.15, 0.2) is 76.4 Å². The third kappa shape index (κ3) is 4.92. The predicted octanol–water partition coefficient (Wildman–Crippen LogP) is 2.11. The van der Waals surface area contributed by atoms with Crippen molar-refractivity contribution in [1.82, 2.24) is 14.5 Å². The number of aromatic nitrogens is 2. The summed E-state index contributed by atoms with van der Waals surface area (Å²) in [5.74, 6) is -1.23. The van der Waals surface area contributed by atoms with E-state index in [1.807, 2.05) is 35.1 Å². The molecule has 0 spiro atoms. The Morgan fingerprint density at radius 2 is 1.56 bits per heavy atom. The molecule has 0 aliphatic heterocycles. The first-order valence-corrected chi connectivity index (χ1v) is 11.1. The van der Waals surface area contributed by atoms with Crippen molar-refractivity contribution in [3.8, 4) is 11.3 Å². The molecule has 0 aliphatic rings. The zero-order valence-electron chi connectivity index (χ0n) is 17.7. The first-order valence-electron chi connectivity index (χ1n) is 9.62. The fourth-order valence-corrected chi connectivity index (χ4v) is 3.91. The van der Waals surface area contributed by atoms with Gasteiger partial charge in [-0.15, -0.1) is 0 Å². The van der Waals surface area contributed by atoms with E-state index in [4.69, 9.17) is 0 Å². The maximum absolute atomic E-state index is 13.0. The summed E-state index contributed by atoms with van der Waals surface area (Å²) in [5.41, 5.74) is -0.131. The van der Waals surface area contributed by atoms with Gasteiger partial charge in [0.2, 0.25) is 5.91 Å². The van der Waals surface area contributed by atoms with Crippen molar-refractivity contribution in [2.75, 3.05) is 5.32 Å². The van der Waals surface area contributed by atoms with Crippen LogP contribution in [-0.2, 0) is 25.2 Å². The number of rotatable bonds is 6. The highest BCUT2D eigenvalue weighted by Gasteiger charge is 2.32. The van der Waals surface area contributed by atoms with Gasteiger partial charge in [0.15, 0.2) is 0 Å². The number of amides is 2. The zero-order valence-corrected chi connectivity index (χ0v) is 18.5. The van der Waals surface area contributed by atoms with Crippen molar-refractivity contribution in [3.63, 3.8) is 0 Å². The fourth-order valence-electron chi connectivity index (χ4n) is 2.92. The average molecular weight is 455 g/mol. The average Bonchev–Trinajstić information content (AvgIpc) is 2.74. The SMILES string of the molecule is CC(=O)NS(=O)(=O)c1ccc(NC(=O)C(C)(C)n2nc(-c3ccccc3)ccc2=O)cc1. The molecule has 0 bridgehead atoms. The molecule has 10 heteroatoms. The van der Waals surface area contributed by atoms with Gasteiger partial charge in [-0.1, -0.05) is 30.3 Å². The summed E-state index contributed by atoms with van der Waals surface area (Å²) < 4.78 is 27.1. The smallest absolute Gasteiger partial charge is 0.267 e. The minimum absolute atomic E-state index is 0.126. The molecule has 0 radical (unpaired) electrons. The molecule has 0 unspecified atom stereocenters. The number of carbonyl (C=O) groups excluding carboxylic acids is 2. The maximum Gasteiger partial charge on any atom is 0.267 e. The predicted molar refractivity (Wildman–Crippen MR) is 119 cm³/mol. The van der Waals surface area contributed by atoms with E-state index in [0.717, 1.165) is 17.2 Å². The number of benzene rings is 2. The molecule has 1 aromatic heterocycles. The maximum atomic E-state index is 13.0. The Labute approximate surface area is 185 Å².